The molecular formula is C13H14N4. The summed E-state index contributed by atoms with van der Waals surface area (Å²) in [6.45, 7) is 2.46. The molecule has 0 aliphatic rings. The number of para-hydroxylation sites is 1. The quantitative estimate of drug-likeness (QED) is 0.627. The van der Waals surface area contributed by atoms with Crippen molar-refractivity contribution >= 4 is 10.9 Å². The molecule has 0 unspecified atom stereocenters. The van der Waals surface area contributed by atoms with Crippen molar-refractivity contribution in [3.8, 4) is 11.4 Å². The molecule has 0 radical (unpaired) electrons. The van der Waals surface area contributed by atoms with Gasteiger partial charge >= 0.3 is 0 Å². The lowest BCUT2D eigenvalue weighted by Crippen LogP contribution is -1.98. The van der Waals surface area contributed by atoms with Crippen molar-refractivity contribution in [2.45, 2.75) is 13.5 Å². The summed E-state index contributed by atoms with van der Waals surface area (Å²) in [6, 6.07) is 8.18. The first-order valence-electron chi connectivity index (χ1n) is 5.61. The topological polar surface area (TPSA) is 70.5 Å². The van der Waals surface area contributed by atoms with Gasteiger partial charge in [0.1, 0.15) is 5.82 Å². The minimum absolute atomic E-state index is 0.463. The van der Waals surface area contributed by atoms with E-state index in [2.05, 4.69) is 27.1 Å². The minimum atomic E-state index is 0.463. The number of nitrogens with zero attached hydrogens (tertiary/aromatic N) is 1. The second-order valence-electron chi connectivity index (χ2n) is 4.11. The van der Waals surface area contributed by atoms with Crippen LogP contribution in [0.2, 0.25) is 0 Å². The van der Waals surface area contributed by atoms with E-state index in [0.29, 0.717) is 6.54 Å². The Bertz CT molecular complexity index is 663. The first kappa shape index (κ1) is 10.1. The lowest BCUT2D eigenvalue weighted by molar-refractivity contribution is 0.993. The van der Waals surface area contributed by atoms with Gasteiger partial charge in [-0.3, -0.25) is 0 Å². The molecule has 0 saturated heterocycles. The Hall–Kier alpha value is -2.07. The van der Waals surface area contributed by atoms with Gasteiger partial charge < -0.3 is 15.7 Å². The van der Waals surface area contributed by atoms with Gasteiger partial charge in [-0.15, -0.1) is 0 Å². The molecule has 0 bridgehead atoms. The van der Waals surface area contributed by atoms with Crippen molar-refractivity contribution < 1.29 is 0 Å². The van der Waals surface area contributed by atoms with Crippen LogP contribution in [-0.4, -0.2) is 15.0 Å². The lowest BCUT2D eigenvalue weighted by atomic mass is 10.2. The Morgan fingerprint density at radius 3 is 2.88 bits per heavy atom. The Morgan fingerprint density at radius 1 is 1.29 bits per heavy atom. The minimum Gasteiger partial charge on any atom is -0.360 e. The van der Waals surface area contributed by atoms with E-state index in [0.717, 1.165) is 28.3 Å². The zero-order valence-electron chi connectivity index (χ0n) is 9.62. The fourth-order valence-corrected chi connectivity index (χ4v) is 2.09. The largest absolute Gasteiger partial charge is 0.360 e. The lowest BCUT2D eigenvalue weighted by Gasteiger charge is -1.93. The summed E-state index contributed by atoms with van der Waals surface area (Å²) in [5.74, 6) is 0.875. The maximum absolute atomic E-state index is 5.64. The highest BCUT2D eigenvalue weighted by atomic mass is 14.9. The molecule has 0 fully saturated rings. The van der Waals surface area contributed by atoms with Crippen LogP contribution < -0.4 is 5.73 Å². The molecule has 0 atom stereocenters. The molecule has 4 heteroatoms. The highest BCUT2D eigenvalue weighted by Crippen LogP contribution is 2.26. The molecule has 0 amide bonds. The number of hydrogen-bond donors (Lipinski definition) is 3. The molecule has 0 spiro atoms. The Balaban J connectivity index is 2.20. The molecule has 2 aromatic heterocycles. The number of fused-ring (bicyclic) bond motifs is 1. The van der Waals surface area contributed by atoms with E-state index in [1.54, 1.807) is 0 Å². The van der Waals surface area contributed by atoms with Crippen molar-refractivity contribution in [2.24, 2.45) is 5.73 Å². The molecule has 0 aliphatic carbocycles. The van der Waals surface area contributed by atoms with Crippen LogP contribution in [0.5, 0.6) is 0 Å². The summed E-state index contributed by atoms with van der Waals surface area (Å²) >= 11 is 0. The number of imidazole rings is 1. The predicted octanol–water partition coefficient (Wildman–Crippen LogP) is 2.33. The number of nitrogens with two attached hydrogens (primary N) is 1. The number of aryl methyl sites for hydroxylation is 1. The molecule has 17 heavy (non-hydrogen) atoms. The fourth-order valence-electron chi connectivity index (χ4n) is 2.09. The predicted molar refractivity (Wildman–Crippen MR) is 68.5 cm³/mol. The molecule has 0 aliphatic heterocycles. The van der Waals surface area contributed by atoms with Crippen LogP contribution in [0.3, 0.4) is 0 Å². The van der Waals surface area contributed by atoms with Crippen LogP contribution in [0, 0.1) is 6.92 Å². The maximum atomic E-state index is 5.64. The van der Waals surface area contributed by atoms with E-state index in [-0.39, 0.29) is 0 Å². The summed E-state index contributed by atoms with van der Waals surface area (Å²) in [6.07, 6.45) is 1.98. The molecular weight excluding hydrogens is 212 g/mol. The SMILES string of the molecule is Cc1[nH]c(-c2c[nH]c3ccccc23)nc1CN. The van der Waals surface area contributed by atoms with Gasteiger partial charge in [-0.05, 0) is 13.0 Å². The summed E-state index contributed by atoms with van der Waals surface area (Å²) in [5.41, 5.74) is 9.80. The van der Waals surface area contributed by atoms with Gasteiger partial charge in [-0.1, -0.05) is 18.2 Å². The van der Waals surface area contributed by atoms with E-state index in [9.17, 15) is 0 Å². The molecule has 0 saturated carbocycles. The number of aromatic nitrogens is 3. The van der Waals surface area contributed by atoms with Crippen molar-refractivity contribution in [1.29, 1.82) is 0 Å². The third-order valence-corrected chi connectivity index (χ3v) is 3.02. The number of benzene rings is 1. The van der Waals surface area contributed by atoms with Crippen LogP contribution in [0.15, 0.2) is 30.5 Å². The van der Waals surface area contributed by atoms with Crippen molar-refractivity contribution in [3.05, 3.63) is 41.9 Å². The van der Waals surface area contributed by atoms with Gasteiger partial charge in [0, 0.05) is 34.9 Å². The normalized spacial score (nSPS) is 11.2. The Kier molecular flexibility index (Phi) is 2.23. The molecule has 4 nitrogen and oxygen atoms in total. The number of hydrogen-bond acceptors (Lipinski definition) is 2. The van der Waals surface area contributed by atoms with Gasteiger partial charge in [0.25, 0.3) is 0 Å². The highest BCUT2D eigenvalue weighted by molar-refractivity contribution is 5.93. The summed E-state index contributed by atoms with van der Waals surface area (Å²) in [4.78, 5) is 11.0. The zero-order chi connectivity index (χ0) is 11.8. The molecule has 3 rings (SSSR count). The van der Waals surface area contributed by atoms with Crippen molar-refractivity contribution in [2.75, 3.05) is 0 Å². The van der Waals surface area contributed by atoms with E-state index in [1.807, 2.05) is 25.3 Å². The average molecular weight is 226 g/mol. The molecule has 4 N–H and O–H groups in total. The van der Waals surface area contributed by atoms with Crippen LogP contribution in [-0.2, 0) is 6.54 Å². The van der Waals surface area contributed by atoms with Crippen LogP contribution in [0.4, 0.5) is 0 Å². The second-order valence-corrected chi connectivity index (χ2v) is 4.11. The van der Waals surface area contributed by atoms with Crippen LogP contribution in [0.25, 0.3) is 22.3 Å². The first-order chi connectivity index (χ1) is 8.29. The van der Waals surface area contributed by atoms with E-state index in [1.165, 1.54) is 5.39 Å². The van der Waals surface area contributed by atoms with Gasteiger partial charge in [-0.2, -0.15) is 0 Å². The summed E-state index contributed by atoms with van der Waals surface area (Å²) in [5, 5.41) is 1.17. The molecule has 1 aromatic carbocycles. The van der Waals surface area contributed by atoms with E-state index < -0.39 is 0 Å². The van der Waals surface area contributed by atoms with Crippen LogP contribution >= 0.6 is 0 Å². The van der Waals surface area contributed by atoms with Gasteiger partial charge in [0.05, 0.1) is 5.69 Å². The number of rotatable bonds is 2. The third-order valence-electron chi connectivity index (χ3n) is 3.02. The smallest absolute Gasteiger partial charge is 0.140 e. The number of nitrogens with one attached hydrogen (secondary N) is 2. The van der Waals surface area contributed by atoms with Crippen LogP contribution in [0.1, 0.15) is 11.4 Å². The van der Waals surface area contributed by atoms with E-state index >= 15 is 0 Å². The molecule has 3 aromatic rings. The Morgan fingerprint density at radius 2 is 2.12 bits per heavy atom. The van der Waals surface area contributed by atoms with Gasteiger partial charge in [-0.25, -0.2) is 4.98 Å². The van der Waals surface area contributed by atoms with Gasteiger partial charge in [0.15, 0.2) is 0 Å². The standard InChI is InChI=1S/C13H14N4/c1-8-12(6-14)17-13(16-8)10-7-15-11-5-3-2-4-9(10)11/h2-5,7,15H,6,14H2,1H3,(H,16,17). The zero-order valence-corrected chi connectivity index (χ0v) is 9.62. The second kappa shape index (κ2) is 3.75. The average Bonchev–Trinajstić information content (AvgIpc) is 2.92. The van der Waals surface area contributed by atoms with E-state index in [4.69, 9.17) is 5.73 Å². The summed E-state index contributed by atoms with van der Waals surface area (Å²) in [7, 11) is 0. The maximum Gasteiger partial charge on any atom is 0.140 e. The van der Waals surface area contributed by atoms with Crippen molar-refractivity contribution in [3.63, 3.8) is 0 Å². The number of aromatic amines is 2. The molecule has 2 heterocycles. The monoisotopic (exact) mass is 226 g/mol. The first-order valence-corrected chi connectivity index (χ1v) is 5.61. The Labute approximate surface area is 98.9 Å². The fraction of sp³-hybridized carbons (Fsp3) is 0.154. The number of H-pyrrole nitrogens is 2. The highest BCUT2D eigenvalue weighted by Gasteiger charge is 2.11. The van der Waals surface area contributed by atoms with Crippen molar-refractivity contribution in [1.82, 2.24) is 15.0 Å². The molecule has 86 valence electrons. The van der Waals surface area contributed by atoms with Gasteiger partial charge in [0.2, 0.25) is 0 Å². The summed E-state index contributed by atoms with van der Waals surface area (Å²) < 4.78 is 0. The third kappa shape index (κ3) is 1.54.